The summed E-state index contributed by atoms with van der Waals surface area (Å²) in [5.41, 5.74) is 5.74. The Morgan fingerprint density at radius 3 is 2.23 bits per heavy atom. The van der Waals surface area contributed by atoms with E-state index < -0.39 is 0 Å². The van der Waals surface area contributed by atoms with Gasteiger partial charge in [-0.05, 0) is 54.1 Å². The van der Waals surface area contributed by atoms with Crippen LogP contribution in [0, 0.1) is 0 Å². The zero-order chi connectivity index (χ0) is 21.5. The Hall–Kier alpha value is -3.64. The SMILES string of the molecule is CN(C)c1ccc(/C=N/NC(=O)c2cccc(NC(=O)c3cccc(Cl)c3)c2)cc1. The van der Waals surface area contributed by atoms with Gasteiger partial charge in [-0.1, -0.05) is 35.9 Å². The molecule has 0 radical (unpaired) electrons. The summed E-state index contributed by atoms with van der Waals surface area (Å²) in [6.07, 6.45) is 1.57. The van der Waals surface area contributed by atoms with E-state index >= 15 is 0 Å². The van der Waals surface area contributed by atoms with E-state index in [2.05, 4.69) is 15.8 Å². The summed E-state index contributed by atoms with van der Waals surface area (Å²) in [6, 6.07) is 21.0. The van der Waals surface area contributed by atoms with Crippen LogP contribution in [0.2, 0.25) is 5.02 Å². The molecule has 0 unspecified atom stereocenters. The number of nitrogens with zero attached hydrogens (tertiary/aromatic N) is 2. The van der Waals surface area contributed by atoms with Gasteiger partial charge in [-0.15, -0.1) is 0 Å². The topological polar surface area (TPSA) is 73.8 Å². The van der Waals surface area contributed by atoms with Crippen molar-refractivity contribution in [3.05, 3.63) is 94.5 Å². The molecule has 30 heavy (non-hydrogen) atoms. The predicted octanol–water partition coefficient (Wildman–Crippen LogP) is 4.42. The normalized spacial score (nSPS) is 10.6. The molecule has 0 heterocycles. The van der Waals surface area contributed by atoms with Gasteiger partial charge in [0, 0.05) is 41.6 Å². The van der Waals surface area contributed by atoms with E-state index in [0.717, 1.165) is 11.3 Å². The second kappa shape index (κ2) is 9.71. The number of amides is 2. The molecule has 7 heteroatoms. The standard InChI is InChI=1S/C23H21ClN4O2/c1-28(2)21-11-9-16(10-12-21)15-25-27-23(30)18-6-4-8-20(14-18)26-22(29)17-5-3-7-19(24)13-17/h3-15H,1-2H3,(H,26,29)(H,27,30)/b25-15+. The van der Waals surface area contributed by atoms with Gasteiger partial charge < -0.3 is 10.2 Å². The summed E-state index contributed by atoms with van der Waals surface area (Å²) in [6.45, 7) is 0. The van der Waals surface area contributed by atoms with Crippen LogP contribution in [-0.4, -0.2) is 32.1 Å². The van der Waals surface area contributed by atoms with Crippen LogP contribution in [0.3, 0.4) is 0 Å². The highest BCUT2D eigenvalue weighted by Crippen LogP contribution is 2.15. The van der Waals surface area contributed by atoms with E-state index in [4.69, 9.17) is 11.6 Å². The Labute approximate surface area is 180 Å². The Bertz CT molecular complexity index is 1080. The maximum Gasteiger partial charge on any atom is 0.271 e. The number of carbonyl (C=O) groups excluding carboxylic acids is 2. The van der Waals surface area contributed by atoms with E-state index in [1.165, 1.54) is 0 Å². The molecule has 3 aromatic carbocycles. The van der Waals surface area contributed by atoms with Crippen LogP contribution >= 0.6 is 11.6 Å². The maximum atomic E-state index is 12.4. The average Bonchev–Trinajstić information content (AvgIpc) is 2.74. The number of benzene rings is 3. The van der Waals surface area contributed by atoms with Crippen molar-refractivity contribution in [2.45, 2.75) is 0 Å². The van der Waals surface area contributed by atoms with Crippen molar-refractivity contribution in [1.29, 1.82) is 0 Å². The fraction of sp³-hybridized carbons (Fsp3) is 0.0870. The number of halogens is 1. The monoisotopic (exact) mass is 420 g/mol. The lowest BCUT2D eigenvalue weighted by molar-refractivity contribution is 0.0953. The molecule has 0 spiro atoms. The molecular formula is C23H21ClN4O2. The van der Waals surface area contributed by atoms with Crippen LogP contribution in [0.1, 0.15) is 26.3 Å². The largest absolute Gasteiger partial charge is 0.378 e. The third kappa shape index (κ3) is 5.68. The molecule has 0 aliphatic rings. The van der Waals surface area contributed by atoms with Gasteiger partial charge in [0.05, 0.1) is 6.21 Å². The summed E-state index contributed by atoms with van der Waals surface area (Å²) >= 11 is 5.92. The molecule has 0 aromatic heterocycles. The summed E-state index contributed by atoms with van der Waals surface area (Å²) in [5.74, 6) is -0.690. The number of carbonyl (C=O) groups is 2. The Morgan fingerprint density at radius 1 is 0.900 bits per heavy atom. The van der Waals surface area contributed by atoms with Crippen LogP contribution in [-0.2, 0) is 0 Å². The zero-order valence-corrected chi connectivity index (χ0v) is 17.4. The van der Waals surface area contributed by atoms with Crippen LogP contribution in [0.25, 0.3) is 0 Å². The van der Waals surface area contributed by atoms with Crippen LogP contribution in [0.5, 0.6) is 0 Å². The minimum atomic E-state index is -0.380. The van der Waals surface area contributed by atoms with Gasteiger partial charge in [0.25, 0.3) is 11.8 Å². The Balaban J connectivity index is 1.62. The highest BCUT2D eigenvalue weighted by Gasteiger charge is 2.09. The molecule has 2 amide bonds. The highest BCUT2D eigenvalue weighted by atomic mass is 35.5. The first kappa shape index (κ1) is 21.1. The minimum absolute atomic E-state index is 0.311. The smallest absolute Gasteiger partial charge is 0.271 e. The number of anilines is 2. The van der Waals surface area contributed by atoms with Crippen molar-refractivity contribution in [2.75, 3.05) is 24.3 Å². The third-order valence-corrected chi connectivity index (χ3v) is 4.49. The van der Waals surface area contributed by atoms with Crippen molar-refractivity contribution in [2.24, 2.45) is 5.10 Å². The zero-order valence-electron chi connectivity index (χ0n) is 16.6. The van der Waals surface area contributed by atoms with Crippen LogP contribution in [0.4, 0.5) is 11.4 Å². The number of hydrogen-bond acceptors (Lipinski definition) is 4. The fourth-order valence-electron chi connectivity index (χ4n) is 2.66. The quantitative estimate of drug-likeness (QED) is 0.458. The molecule has 2 N–H and O–H groups in total. The second-order valence-electron chi connectivity index (χ2n) is 6.73. The molecule has 0 aliphatic heterocycles. The molecule has 3 aromatic rings. The van der Waals surface area contributed by atoms with Crippen molar-refractivity contribution in [1.82, 2.24) is 5.43 Å². The highest BCUT2D eigenvalue weighted by molar-refractivity contribution is 6.31. The van der Waals surface area contributed by atoms with Crippen LogP contribution < -0.4 is 15.6 Å². The van der Waals surface area contributed by atoms with Gasteiger partial charge in [-0.3, -0.25) is 9.59 Å². The lowest BCUT2D eigenvalue weighted by Gasteiger charge is -2.11. The van der Waals surface area contributed by atoms with E-state index in [1.54, 1.807) is 54.7 Å². The fourth-order valence-corrected chi connectivity index (χ4v) is 2.85. The average molecular weight is 421 g/mol. The molecule has 6 nitrogen and oxygen atoms in total. The summed E-state index contributed by atoms with van der Waals surface area (Å²) < 4.78 is 0. The molecule has 0 saturated heterocycles. The van der Waals surface area contributed by atoms with Crippen molar-refractivity contribution >= 4 is 41.0 Å². The van der Waals surface area contributed by atoms with Gasteiger partial charge in [0.1, 0.15) is 0 Å². The predicted molar refractivity (Wildman–Crippen MR) is 122 cm³/mol. The molecule has 0 bridgehead atoms. The van der Waals surface area contributed by atoms with E-state index in [1.807, 2.05) is 43.3 Å². The number of rotatable bonds is 6. The first-order valence-corrected chi connectivity index (χ1v) is 9.58. The molecule has 0 saturated carbocycles. The summed E-state index contributed by atoms with van der Waals surface area (Å²) in [5, 5.41) is 7.23. The van der Waals surface area contributed by atoms with Gasteiger partial charge in [0.15, 0.2) is 0 Å². The molecule has 0 atom stereocenters. The van der Waals surface area contributed by atoms with Crippen molar-refractivity contribution < 1.29 is 9.59 Å². The van der Waals surface area contributed by atoms with Gasteiger partial charge >= 0.3 is 0 Å². The number of hydrazone groups is 1. The van der Waals surface area contributed by atoms with E-state index in [-0.39, 0.29) is 11.8 Å². The maximum absolute atomic E-state index is 12.4. The molecule has 3 rings (SSSR count). The Kier molecular flexibility index (Phi) is 6.83. The van der Waals surface area contributed by atoms with Crippen molar-refractivity contribution in [3.63, 3.8) is 0 Å². The molecule has 0 aliphatic carbocycles. The lowest BCUT2D eigenvalue weighted by Crippen LogP contribution is -2.18. The number of nitrogens with one attached hydrogen (secondary N) is 2. The summed E-state index contributed by atoms with van der Waals surface area (Å²) in [4.78, 5) is 26.7. The second-order valence-corrected chi connectivity index (χ2v) is 7.17. The van der Waals surface area contributed by atoms with Crippen LogP contribution in [0.15, 0.2) is 77.9 Å². The first-order chi connectivity index (χ1) is 14.4. The third-order valence-electron chi connectivity index (χ3n) is 4.26. The van der Waals surface area contributed by atoms with E-state index in [9.17, 15) is 9.59 Å². The van der Waals surface area contributed by atoms with Gasteiger partial charge in [-0.2, -0.15) is 5.10 Å². The molecule has 0 fully saturated rings. The van der Waals surface area contributed by atoms with Gasteiger partial charge in [0.2, 0.25) is 0 Å². The lowest BCUT2D eigenvalue weighted by atomic mass is 10.1. The number of hydrogen-bond donors (Lipinski definition) is 2. The van der Waals surface area contributed by atoms with Gasteiger partial charge in [-0.25, -0.2) is 5.43 Å². The Morgan fingerprint density at radius 2 is 1.57 bits per heavy atom. The first-order valence-electron chi connectivity index (χ1n) is 9.20. The molecule has 152 valence electrons. The van der Waals surface area contributed by atoms with Crippen molar-refractivity contribution in [3.8, 4) is 0 Å². The molecular weight excluding hydrogens is 400 g/mol. The van der Waals surface area contributed by atoms with E-state index in [0.29, 0.717) is 21.8 Å². The minimum Gasteiger partial charge on any atom is -0.378 e. The summed E-state index contributed by atoms with van der Waals surface area (Å²) in [7, 11) is 3.93.